The predicted molar refractivity (Wildman–Crippen MR) is 91.0 cm³/mol. The Labute approximate surface area is 138 Å². The molecule has 2 aliphatic rings. The lowest BCUT2D eigenvalue weighted by Crippen LogP contribution is -2.47. The van der Waals surface area contributed by atoms with Gasteiger partial charge in [-0.05, 0) is 43.6 Å². The van der Waals surface area contributed by atoms with Crippen molar-refractivity contribution < 1.29 is 9.53 Å². The molecule has 2 unspecified atom stereocenters. The molecule has 1 saturated carbocycles. The van der Waals surface area contributed by atoms with Gasteiger partial charge in [0.15, 0.2) is 0 Å². The average Bonchev–Trinajstić information content (AvgIpc) is 3.07. The molecule has 4 heteroatoms. The van der Waals surface area contributed by atoms with Crippen LogP contribution in [0.2, 0.25) is 0 Å². The summed E-state index contributed by atoms with van der Waals surface area (Å²) in [7, 11) is 0. The van der Waals surface area contributed by atoms with Crippen LogP contribution in [0.1, 0.15) is 44.1 Å². The van der Waals surface area contributed by atoms with Crippen molar-refractivity contribution in [3.05, 3.63) is 35.9 Å². The Morgan fingerprint density at radius 2 is 1.91 bits per heavy atom. The molecular formula is C19H28N2O2. The average molecular weight is 316 g/mol. The zero-order valence-corrected chi connectivity index (χ0v) is 13.7. The fourth-order valence-electron chi connectivity index (χ4n) is 3.91. The molecule has 126 valence electrons. The second-order valence-electron chi connectivity index (χ2n) is 6.91. The summed E-state index contributed by atoms with van der Waals surface area (Å²) in [5.74, 6) is 0.590. The first-order chi connectivity index (χ1) is 11.3. The lowest BCUT2D eigenvalue weighted by molar-refractivity contribution is -0.133. The third kappa shape index (κ3) is 4.33. The number of carbonyl (C=O) groups is 1. The van der Waals surface area contributed by atoms with E-state index in [2.05, 4.69) is 35.6 Å². The van der Waals surface area contributed by atoms with Crippen molar-refractivity contribution in [2.75, 3.05) is 6.54 Å². The highest BCUT2D eigenvalue weighted by molar-refractivity contribution is 5.81. The molecule has 1 aromatic carbocycles. The molecule has 1 aliphatic heterocycles. The van der Waals surface area contributed by atoms with Crippen LogP contribution in [0.4, 0.5) is 0 Å². The number of carbonyl (C=O) groups excluding carboxylic acids is 1. The predicted octanol–water partition coefficient (Wildman–Crippen LogP) is 2.41. The van der Waals surface area contributed by atoms with E-state index in [1.807, 2.05) is 0 Å². The summed E-state index contributed by atoms with van der Waals surface area (Å²) < 4.78 is 5.73. The molecule has 0 radical (unpaired) electrons. The topological polar surface area (TPSA) is 64.4 Å². The van der Waals surface area contributed by atoms with Crippen molar-refractivity contribution in [1.29, 1.82) is 0 Å². The standard InChI is InChI=1S/C19H28N2O2/c20-13-16-10-11-18(23-16)19(22)21-17-9-5-4-8-15(17)12-14-6-2-1-3-7-14/h1-3,6-7,15-18H,4-5,8-13,20H2,(H,21,22)/t15?,16-,17?,18+/m1/s1. The zero-order chi connectivity index (χ0) is 16.1. The third-order valence-electron chi connectivity index (χ3n) is 5.24. The molecule has 0 aromatic heterocycles. The smallest absolute Gasteiger partial charge is 0.249 e. The summed E-state index contributed by atoms with van der Waals surface area (Å²) in [6.07, 6.45) is 7.22. The quantitative estimate of drug-likeness (QED) is 0.877. The van der Waals surface area contributed by atoms with Crippen LogP contribution in [0.3, 0.4) is 0 Å². The van der Waals surface area contributed by atoms with E-state index in [1.54, 1.807) is 0 Å². The summed E-state index contributed by atoms with van der Waals surface area (Å²) in [4.78, 5) is 12.5. The monoisotopic (exact) mass is 316 g/mol. The van der Waals surface area contributed by atoms with Gasteiger partial charge in [-0.1, -0.05) is 43.2 Å². The van der Waals surface area contributed by atoms with Crippen molar-refractivity contribution in [2.24, 2.45) is 11.7 Å². The number of ether oxygens (including phenoxy) is 1. The lowest BCUT2D eigenvalue weighted by atomic mass is 9.80. The highest BCUT2D eigenvalue weighted by atomic mass is 16.5. The van der Waals surface area contributed by atoms with Crippen LogP contribution >= 0.6 is 0 Å². The summed E-state index contributed by atoms with van der Waals surface area (Å²) >= 11 is 0. The van der Waals surface area contributed by atoms with E-state index in [9.17, 15) is 4.79 Å². The Morgan fingerprint density at radius 1 is 1.13 bits per heavy atom. The molecular weight excluding hydrogens is 288 g/mol. The van der Waals surface area contributed by atoms with E-state index < -0.39 is 0 Å². The van der Waals surface area contributed by atoms with E-state index in [4.69, 9.17) is 10.5 Å². The van der Waals surface area contributed by atoms with Crippen LogP contribution in [-0.4, -0.2) is 30.7 Å². The molecule has 1 aliphatic carbocycles. The van der Waals surface area contributed by atoms with Gasteiger partial charge in [-0.25, -0.2) is 0 Å². The third-order valence-corrected chi connectivity index (χ3v) is 5.24. The number of rotatable bonds is 5. The maximum Gasteiger partial charge on any atom is 0.249 e. The van der Waals surface area contributed by atoms with Gasteiger partial charge in [0, 0.05) is 12.6 Å². The number of benzene rings is 1. The summed E-state index contributed by atoms with van der Waals surface area (Å²) in [5.41, 5.74) is 6.99. The van der Waals surface area contributed by atoms with Gasteiger partial charge >= 0.3 is 0 Å². The molecule has 3 N–H and O–H groups in total. The van der Waals surface area contributed by atoms with Gasteiger partial charge in [0.25, 0.3) is 0 Å². The highest BCUT2D eigenvalue weighted by Crippen LogP contribution is 2.28. The minimum absolute atomic E-state index is 0.0530. The SMILES string of the molecule is NC[C@H]1CC[C@@H](C(=O)NC2CCCCC2Cc2ccccc2)O1. The minimum atomic E-state index is -0.303. The van der Waals surface area contributed by atoms with E-state index in [1.165, 1.54) is 24.8 Å². The van der Waals surface area contributed by atoms with Gasteiger partial charge in [-0.15, -0.1) is 0 Å². The van der Waals surface area contributed by atoms with Crippen LogP contribution in [0.5, 0.6) is 0 Å². The molecule has 0 spiro atoms. The fourth-order valence-corrected chi connectivity index (χ4v) is 3.91. The van der Waals surface area contributed by atoms with Gasteiger partial charge in [0.05, 0.1) is 6.10 Å². The molecule has 4 nitrogen and oxygen atoms in total. The van der Waals surface area contributed by atoms with E-state index in [-0.39, 0.29) is 24.2 Å². The second kappa shape index (κ2) is 7.93. The van der Waals surface area contributed by atoms with Gasteiger partial charge in [0.2, 0.25) is 5.91 Å². The van der Waals surface area contributed by atoms with Crippen molar-refractivity contribution in [3.8, 4) is 0 Å². The molecule has 1 aromatic rings. The summed E-state index contributed by atoms with van der Waals surface area (Å²) in [5, 5.41) is 3.27. The molecule has 2 fully saturated rings. The normalized spacial score (nSPS) is 31.0. The molecule has 1 saturated heterocycles. The Morgan fingerprint density at radius 3 is 2.65 bits per heavy atom. The van der Waals surface area contributed by atoms with E-state index in [0.29, 0.717) is 12.5 Å². The van der Waals surface area contributed by atoms with Gasteiger partial charge < -0.3 is 15.8 Å². The number of nitrogens with one attached hydrogen (secondary N) is 1. The Bertz CT molecular complexity index is 505. The number of hydrogen-bond donors (Lipinski definition) is 2. The molecule has 23 heavy (non-hydrogen) atoms. The number of nitrogens with two attached hydrogens (primary N) is 1. The highest BCUT2D eigenvalue weighted by Gasteiger charge is 2.33. The molecule has 3 rings (SSSR count). The molecule has 0 bridgehead atoms. The van der Waals surface area contributed by atoms with Crippen LogP contribution in [0, 0.1) is 5.92 Å². The van der Waals surface area contributed by atoms with Crippen LogP contribution in [0.25, 0.3) is 0 Å². The lowest BCUT2D eigenvalue weighted by Gasteiger charge is -2.33. The van der Waals surface area contributed by atoms with Crippen molar-refractivity contribution in [3.63, 3.8) is 0 Å². The van der Waals surface area contributed by atoms with Crippen molar-refractivity contribution in [2.45, 2.75) is 63.2 Å². The van der Waals surface area contributed by atoms with Gasteiger partial charge in [0.1, 0.15) is 6.10 Å². The van der Waals surface area contributed by atoms with Gasteiger partial charge in [-0.2, -0.15) is 0 Å². The first kappa shape index (κ1) is 16.5. The van der Waals surface area contributed by atoms with Crippen LogP contribution in [-0.2, 0) is 16.0 Å². The molecule has 4 atom stereocenters. The fraction of sp³-hybridized carbons (Fsp3) is 0.632. The maximum atomic E-state index is 12.5. The summed E-state index contributed by atoms with van der Waals surface area (Å²) in [6, 6.07) is 10.9. The number of amides is 1. The largest absolute Gasteiger partial charge is 0.364 e. The Balaban J connectivity index is 1.57. The molecule has 1 amide bonds. The van der Waals surface area contributed by atoms with Gasteiger partial charge in [-0.3, -0.25) is 4.79 Å². The first-order valence-electron chi connectivity index (χ1n) is 8.96. The Hall–Kier alpha value is -1.39. The molecule has 1 heterocycles. The van der Waals surface area contributed by atoms with E-state index >= 15 is 0 Å². The summed E-state index contributed by atoms with van der Waals surface area (Å²) in [6.45, 7) is 0.504. The van der Waals surface area contributed by atoms with Crippen molar-refractivity contribution >= 4 is 5.91 Å². The van der Waals surface area contributed by atoms with Crippen LogP contribution < -0.4 is 11.1 Å². The van der Waals surface area contributed by atoms with E-state index in [0.717, 1.165) is 25.7 Å². The Kier molecular flexibility index (Phi) is 5.68. The number of hydrogen-bond acceptors (Lipinski definition) is 3. The zero-order valence-electron chi connectivity index (χ0n) is 13.7. The maximum absolute atomic E-state index is 12.5. The minimum Gasteiger partial charge on any atom is -0.364 e. The van der Waals surface area contributed by atoms with Crippen LogP contribution in [0.15, 0.2) is 30.3 Å². The van der Waals surface area contributed by atoms with Crippen molar-refractivity contribution in [1.82, 2.24) is 5.32 Å². The first-order valence-corrected chi connectivity index (χ1v) is 8.96. The second-order valence-corrected chi connectivity index (χ2v) is 6.91.